The van der Waals surface area contributed by atoms with Gasteiger partial charge in [0.2, 0.25) is 5.43 Å². The number of anilines is 1. The number of carboxylic acids is 3. The lowest BCUT2D eigenvalue weighted by atomic mass is 10.1. The Bertz CT molecular complexity index is 1190. The minimum atomic E-state index is -1.79. The van der Waals surface area contributed by atoms with E-state index in [1.54, 1.807) is 6.07 Å². The Morgan fingerprint density at radius 3 is 2.17 bits per heavy atom. The summed E-state index contributed by atoms with van der Waals surface area (Å²) in [5.41, 5.74) is 0.195. The van der Waals surface area contributed by atoms with Crippen molar-refractivity contribution in [3.8, 4) is 0 Å². The maximum Gasteiger partial charge on any atom is 0.341 e. The Balaban J connectivity index is 0.000000327. The van der Waals surface area contributed by atoms with Crippen molar-refractivity contribution in [2.45, 2.75) is 38.3 Å². The number of nitrogens with zero attached hydrogens (tertiary/aromatic N) is 3. The van der Waals surface area contributed by atoms with Crippen LogP contribution in [0.1, 0.15) is 42.6 Å². The fourth-order valence-corrected chi connectivity index (χ4v) is 3.97. The van der Waals surface area contributed by atoms with Crippen molar-refractivity contribution in [2.24, 2.45) is 0 Å². The quantitative estimate of drug-likeness (QED) is 0.441. The Kier molecular flexibility index (Phi) is 8.07. The second-order valence-corrected chi connectivity index (χ2v) is 8.51. The molecule has 2 fully saturated rings. The predicted octanol–water partition coefficient (Wildman–Crippen LogP) is 1.22. The number of aliphatic hydroxyl groups is 1. The topological polar surface area (TPSA) is 161 Å². The van der Waals surface area contributed by atoms with Crippen molar-refractivity contribution in [1.29, 1.82) is 0 Å². The molecule has 1 aromatic heterocycles. The molecule has 4 rings (SSSR count). The Hall–Kier alpha value is -3.51. The van der Waals surface area contributed by atoms with Gasteiger partial charge in [-0.15, -0.1) is 0 Å². The van der Waals surface area contributed by atoms with Gasteiger partial charge in [-0.1, -0.05) is 6.92 Å². The summed E-state index contributed by atoms with van der Waals surface area (Å²) in [6.07, 6.45) is 0.761. The van der Waals surface area contributed by atoms with Crippen molar-refractivity contribution in [3.05, 3.63) is 39.9 Å². The molecule has 35 heavy (non-hydrogen) atoms. The number of aromatic nitrogens is 1. The van der Waals surface area contributed by atoms with Gasteiger partial charge in [-0.25, -0.2) is 14.0 Å². The molecule has 2 aliphatic rings. The van der Waals surface area contributed by atoms with Gasteiger partial charge in [-0.3, -0.25) is 9.59 Å². The number of pyridine rings is 1. The lowest BCUT2D eigenvalue weighted by molar-refractivity contribution is -0.152. The summed E-state index contributed by atoms with van der Waals surface area (Å²) in [7, 11) is 0. The molecule has 190 valence electrons. The highest BCUT2D eigenvalue weighted by atomic mass is 19.1. The minimum absolute atomic E-state index is 0.144. The van der Waals surface area contributed by atoms with Gasteiger partial charge in [0.25, 0.3) is 0 Å². The number of aliphatic hydroxyl groups excluding tert-OH is 1. The zero-order chi connectivity index (χ0) is 25.9. The molecule has 11 nitrogen and oxygen atoms in total. The Morgan fingerprint density at radius 2 is 1.71 bits per heavy atom. The molecule has 12 heteroatoms. The van der Waals surface area contributed by atoms with Gasteiger partial charge in [0.05, 0.1) is 17.6 Å². The number of benzene rings is 1. The largest absolute Gasteiger partial charge is 0.481 e. The lowest BCUT2D eigenvalue weighted by Gasteiger charge is -2.35. The standard InChI is InChI=1S/C19H22FN3O3.C4H6O5/c1-2-21-5-7-22(8-6-21)17-10-16-13(9-15(17)20)18(24)14(19(25)26)11-23(16)12-3-4-12;5-2(4(8)9)1-3(6)7/h9-12H,2-8H2,1H3,(H,25,26);2,5H,1H2,(H,6,7)(H,8,9). The molecule has 1 atom stereocenters. The van der Waals surface area contributed by atoms with Crippen molar-refractivity contribution in [3.63, 3.8) is 0 Å². The molecule has 1 saturated heterocycles. The van der Waals surface area contributed by atoms with Gasteiger partial charge >= 0.3 is 17.9 Å². The number of rotatable bonds is 7. The van der Waals surface area contributed by atoms with Crippen molar-refractivity contribution >= 4 is 34.5 Å². The van der Waals surface area contributed by atoms with Crippen LogP contribution in [0.25, 0.3) is 10.9 Å². The van der Waals surface area contributed by atoms with Crippen LogP contribution in [-0.2, 0) is 9.59 Å². The molecule has 0 bridgehead atoms. The van der Waals surface area contributed by atoms with Crippen LogP contribution in [0.4, 0.5) is 10.1 Å². The van der Waals surface area contributed by atoms with Gasteiger partial charge in [0.1, 0.15) is 11.4 Å². The number of aromatic carboxylic acids is 1. The molecule has 2 heterocycles. The molecular formula is C23H28FN3O8. The van der Waals surface area contributed by atoms with E-state index in [-0.39, 0.29) is 17.0 Å². The third-order valence-corrected chi connectivity index (χ3v) is 6.08. The highest BCUT2D eigenvalue weighted by Gasteiger charge is 2.28. The molecule has 1 unspecified atom stereocenters. The predicted molar refractivity (Wildman–Crippen MR) is 124 cm³/mol. The zero-order valence-electron chi connectivity index (χ0n) is 19.2. The average molecular weight is 493 g/mol. The Labute approximate surface area is 199 Å². The summed E-state index contributed by atoms with van der Waals surface area (Å²) in [5, 5.41) is 33.6. The normalized spacial score (nSPS) is 16.9. The van der Waals surface area contributed by atoms with E-state index >= 15 is 0 Å². The summed E-state index contributed by atoms with van der Waals surface area (Å²) in [6.45, 7) is 6.31. The molecule has 4 N–H and O–H groups in total. The van der Waals surface area contributed by atoms with Gasteiger partial charge in [0, 0.05) is 43.8 Å². The number of likely N-dealkylation sites (N-methyl/N-ethyl adjacent to an activating group) is 1. The number of carbonyl (C=O) groups is 3. The minimum Gasteiger partial charge on any atom is -0.481 e. The van der Waals surface area contributed by atoms with E-state index < -0.39 is 41.7 Å². The van der Waals surface area contributed by atoms with E-state index in [4.69, 9.17) is 15.3 Å². The molecule has 1 aromatic carbocycles. The second-order valence-electron chi connectivity index (χ2n) is 8.51. The Morgan fingerprint density at radius 1 is 1.09 bits per heavy atom. The van der Waals surface area contributed by atoms with Crippen LogP contribution in [0, 0.1) is 5.82 Å². The monoisotopic (exact) mass is 493 g/mol. The first-order valence-electron chi connectivity index (χ1n) is 11.2. The first-order chi connectivity index (χ1) is 16.5. The summed E-state index contributed by atoms with van der Waals surface area (Å²) in [5.74, 6) is -4.58. The number of halogens is 1. The molecule has 2 aromatic rings. The maximum absolute atomic E-state index is 14.8. The first kappa shape index (κ1) is 26.1. The fourth-order valence-electron chi connectivity index (χ4n) is 3.97. The van der Waals surface area contributed by atoms with Crippen LogP contribution in [0.2, 0.25) is 0 Å². The SMILES string of the molecule is CCN1CCN(c2cc3c(cc2F)c(=O)c(C(=O)O)cn3C2CC2)CC1.O=C(O)CC(O)C(=O)O. The zero-order valence-corrected chi connectivity index (χ0v) is 19.2. The van der Waals surface area contributed by atoms with E-state index in [0.717, 1.165) is 45.6 Å². The summed E-state index contributed by atoms with van der Waals surface area (Å²) in [4.78, 5) is 47.6. The summed E-state index contributed by atoms with van der Waals surface area (Å²) in [6, 6.07) is 3.12. The smallest absolute Gasteiger partial charge is 0.341 e. The molecular weight excluding hydrogens is 465 g/mol. The van der Waals surface area contributed by atoms with E-state index in [9.17, 15) is 28.7 Å². The van der Waals surface area contributed by atoms with Gasteiger partial charge in [0.15, 0.2) is 6.10 Å². The van der Waals surface area contributed by atoms with Gasteiger partial charge in [-0.2, -0.15) is 0 Å². The van der Waals surface area contributed by atoms with E-state index in [1.807, 2.05) is 9.47 Å². The van der Waals surface area contributed by atoms with Gasteiger partial charge in [-0.05, 0) is 31.5 Å². The molecule has 0 radical (unpaired) electrons. The summed E-state index contributed by atoms with van der Waals surface area (Å²) < 4.78 is 16.6. The number of hydrogen-bond donors (Lipinski definition) is 4. The van der Waals surface area contributed by atoms with Crippen molar-refractivity contribution in [1.82, 2.24) is 9.47 Å². The first-order valence-corrected chi connectivity index (χ1v) is 11.2. The van der Waals surface area contributed by atoms with Crippen LogP contribution in [-0.4, -0.2) is 86.6 Å². The highest BCUT2D eigenvalue weighted by molar-refractivity contribution is 5.93. The van der Waals surface area contributed by atoms with E-state index in [0.29, 0.717) is 11.2 Å². The third-order valence-electron chi connectivity index (χ3n) is 6.08. The third kappa shape index (κ3) is 6.14. The van der Waals surface area contributed by atoms with Gasteiger partial charge < -0.3 is 34.8 Å². The maximum atomic E-state index is 14.8. The number of piperazine rings is 1. The second kappa shape index (κ2) is 10.8. The van der Waals surface area contributed by atoms with Crippen LogP contribution in [0.15, 0.2) is 23.1 Å². The lowest BCUT2D eigenvalue weighted by Crippen LogP contribution is -2.46. The number of aliphatic carboxylic acids is 2. The molecule has 0 spiro atoms. The van der Waals surface area contributed by atoms with Crippen LogP contribution < -0.4 is 10.3 Å². The van der Waals surface area contributed by atoms with E-state index in [1.165, 1.54) is 12.3 Å². The number of carboxylic acid groups (broad SMARTS) is 3. The van der Waals surface area contributed by atoms with Crippen LogP contribution in [0.5, 0.6) is 0 Å². The van der Waals surface area contributed by atoms with Crippen LogP contribution in [0.3, 0.4) is 0 Å². The van der Waals surface area contributed by atoms with Crippen molar-refractivity contribution < 1.29 is 39.2 Å². The highest BCUT2D eigenvalue weighted by Crippen LogP contribution is 2.38. The molecule has 1 aliphatic carbocycles. The van der Waals surface area contributed by atoms with E-state index in [2.05, 4.69) is 11.8 Å². The average Bonchev–Trinajstić information content (AvgIpc) is 3.64. The summed E-state index contributed by atoms with van der Waals surface area (Å²) >= 11 is 0. The molecule has 1 saturated carbocycles. The molecule has 1 aliphatic heterocycles. The van der Waals surface area contributed by atoms with Crippen molar-refractivity contribution in [2.75, 3.05) is 37.6 Å². The van der Waals surface area contributed by atoms with Crippen LogP contribution >= 0.6 is 0 Å². The number of hydrogen-bond acceptors (Lipinski definition) is 7. The molecule has 0 amide bonds. The number of fused-ring (bicyclic) bond motifs is 1. The fraction of sp³-hybridized carbons (Fsp3) is 0.478.